The lowest BCUT2D eigenvalue weighted by Crippen LogP contribution is -2.23. The van der Waals surface area contributed by atoms with Crippen molar-refractivity contribution in [2.45, 2.75) is 44.4 Å². The van der Waals surface area contributed by atoms with Crippen molar-refractivity contribution in [2.75, 3.05) is 23.7 Å². The zero-order valence-corrected chi connectivity index (χ0v) is 10.4. The van der Waals surface area contributed by atoms with Crippen LogP contribution >= 0.6 is 11.5 Å². The van der Waals surface area contributed by atoms with E-state index in [1.165, 1.54) is 62.2 Å². The molecule has 1 aromatic heterocycles. The smallest absolute Gasteiger partial charge is 0.142 e. The lowest BCUT2D eigenvalue weighted by atomic mass is 10.2. The lowest BCUT2D eigenvalue weighted by molar-refractivity contribution is 0.726. The zero-order valence-electron chi connectivity index (χ0n) is 9.61. The summed E-state index contributed by atoms with van der Waals surface area (Å²) in [6.45, 7) is 2.39. The first-order chi connectivity index (χ1) is 7.86. The van der Waals surface area contributed by atoms with Crippen LogP contribution in [0.15, 0.2) is 0 Å². The molecule has 1 aliphatic heterocycles. The number of anilines is 2. The van der Waals surface area contributed by atoms with Crippen LogP contribution in [0.2, 0.25) is 0 Å². The molecule has 0 bridgehead atoms. The Hall–Kier alpha value is -0.770. The zero-order chi connectivity index (χ0) is 11.0. The minimum Gasteiger partial charge on any atom is -0.383 e. The standard InChI is InChI=1S/C12H19N3S/c13-11-10(9-5-6-9)12(16-14-11)15-7-3-1-2-4-8-15/h9H,1-8H2,(H2,13,14). The van der Waals surface area contributed by atoms with Crippen LogP contribution in [-0.2, 0) is 0 Å². The average Bonchev–Trinajstić information content (AvgIpc) is 3.08. The number of aromatic nitrogens is 1. The molecule has 2 N–H and O–H groups in total. The van der Waals surface area contributed by atoms with E-state index in [9.17, 15) is 0 Å². The molecule has 0 spiro atoms. The van der Waals surface area contributed by atoms with Crippen molar-refractivity contribution in [3.63, 3.8) is 0 Å². The van der Waals surface area contributed by atoms with Gasteiger partial charge in [0.25, 0.3) is 0 Å². The predicted molar refractivity (Wildman–Crippen MR) is 69.2 cm³/mol. The summed E-state index contributed by atoms with van der Waals surface area (Å²) in [7, 11) is 0. The highest BCUT2D eigenvalue weighted by molar-refractivity contribution is 7.10. The maximum atomic E-state index is 6.00. The lowest BCUT2D eigenvalue weighted by Gasteiger charge is -2.21. The second-order valence-electron chi connectivity index (χ2n) is 4.96. The predicted octanol–water partition coefficient (Wildman–Crippen LogP) is 2.98. The van der Waals surface area contributed by atoms with Gasteiger partial charge in [-0.1, -0.05) is 12.8 Å². The van der Waals surface area contributed by atoms with E-state index in [0.29, 0.717) is 0 Å². The van der Waals surface area contributed by atoms with Gasteiger partial charge < -0.3 is 10.6 Å². The van der Waals surface area contributed by atoms with Gasteiger partial charge in [0, 0.05) is 18.7 Å². The number of hydrogen-bond donors (Lipinski definition) is 1. The van der Waals surface area contributed by atoms with E-state index in [4.69, 9.17) is 5.73 Å². The maximum absolute atomic E-state index is 6.00. The topological polar surface area (TPSA) is 42.1 Å². The van der Waals surface area contributed by atoms with Gasteiger partial charge in [0.15, 0.2) is 0 Å². The molecule has 0 radical (unpaired) electrons. The molecule has 3 rings (SSSR count). The summed E-state index contributed by atoms with van der Waals surface area (Å²) in [6, 6.07) is 0. The van der Waals surface area contributed by atoms with Crippen LogP contribution in [0.25, 0.3) is 0 Å². The molecule has 3 nitrogen and oxygen atoms in total. The Bertz CT molecular complexity index is 362. The highest BCUT2D eigenvalue weighted by Gasteiger charge is 2.32. The summed E-state index contributed by atoms with van der Waals surface area (Å²) < 4.78 is 4.36. The van der Waals surface area contributed by atoms with Crippen molar-refractivity contribution in [2.24, 2.45) is 0 Å². The maximum Gasteiger partial charge on any atom is 0.142 e. The molecule has 1 saturated heterocycles. The highest BCUT2D eigenvalue weighted by Crippen LogP contribution is 2.49. The van der Waals surface area contributed by atoms with Gasteiger partial charge in [-0.25, -0.2) is 0 Å². The van der Waals surface area contributed by atoms with Gasteiger partial charge in [-0.15, -0.1) is 0 Å². The van der Waals surface area contributed by atoms with E-state index in [2.05, 4.69) is 9.27 Å². The van der Waals surface area contributed by atoms with E-state index in [0.717, 1.165) is 11.7 Å². The van der Waals surface area contributed by atoms with Gasteiger partial charge in [-0.3, -0.25) is 0 Å². The Labute approximate surface area is 101 Å². The molecule has 0 aromatic carbocycles. The summed E-state index contributed by atoms with van der Waals surface area (Å²) in [5.74, 6) is 1.52. The van der Waals surface area contributed by atoms with Crippen LogP contribution in [0.4, 0.5) is 10.8 Å². The van der Waals surface area contributed by atoms with Crippen molar-refractivity contribution in [1.29, 1.82) is 0 Å². The molecule has 2 fully saturated rings. The minimum atomic E-state index is 0.719. The number of rotatable bonds is 2. The van der Waals surface area contributed by atoms with E-state index in [1.54, 1.807) is 11.5 Å². The molecule has 16 heavy (non-hydrogen) atoms. The Morgan fingerprint density at radius 1 is 1.12 bits per heavy atom. The molecule has 2 aliphatic rings. The van der Waals surface area contributed by atoms with Gasteiger partial charge in [-0.05, 0) is 43.1 Å². The summed E-state index contributed by atoms with van der Waals surface area (Å²) in [4.78, 5) is 2.52. The molecule has 0 atom stereocenters. The fraction of sp³-hybridized carbons (Fsp3) is 0.750. The first kappa shape index (κ1) is 10.4. The highest BCUT2D eigenvalue weighted by atomic mass is 32.1. The largest absolute Gasteiger partial charge is 0.383 e. The summed E-state index contributed by atoms with van der Waals surface area (Å²) in [5.41, 5.74) is 7.37. The number of nitrogens with zero attached hydrogens (tertiary/aromatic N) is 2. The molecule has 0 amide bonds. The average molecular weight is 237 g/mol. The van der Waals surface area contributed by atoms with Crippen LogP contribution in [0, 0.1) is 0 Å². The fourth-order valence-electron chi connectivity index (χ4n) is 2.56. The van der Waals surface area contributed by atoms with Crippen molar-refractivity contribution in [3.05, 3.63) is 5.56 Å². The van der Waals surface area contributed by atoms with Gasteiger partial charge in [-0.2, -0.15) is 4.37 Å². The third-order valence-corrected chi connectivity index (χ3v) is 4.55. The molecule has 1 aliphatic carbocycles. The van der Waals surface area contributed by atoms with Crippen LogP contribution in [0.3, 0.4) is 0 Å². The molecule has 2 heterocycles. The molecule has 88 valence electrons. The van der Waals surface area contributed by atoms with Crippen molar-refractivity contribution in [3.8, 4) is 0 Å². The third kappa shape index (κ3) is 1.90. The van der Waals surface area contributed by atoms with Crippen molar-refractivity contribution in [1.82, 2.24) is 4.37 Å². The minimum absolute atomic E-state index is 0.719. The van der Waals surface area contributed by atoms with E-state index < -0.39 is 0 Å². The van der Waals surface area contributed by atoms with Gasteiger partial charge >= 0.3 is 0 Å². The Morgan fingerprint density at radius 2 is 1.81 bits per heavy atom. The van der Waals surface area contributed by atoms with Crippen molar-refractivity contribution >= 4 is 22.4 Å². The molecule has 0 unspecified atom stereocenters. The third-order valence-electron chi connectivity index (χ3n) is 3.62. The second-order valence-corrected chi connectivity index (χ2v) is 5.71. The van der Waals surface area contributed by atoms with E-state index in [-0.39, 0.29) is 0 Å². The molecular weight excluding hydrogens is 218 g/mol. The fourth-order valence-corrected chi connectivity index (χ4v) is 3.51. The summed E-state index contributed by atoms with van der Waals surface area (Å²) >= 11 is 1.61. The molecular formula is C12H19N3S. The van der Waals surface area contributed by atoms with Gasteiger partial charge in [0.05, 0.1) is 0 Å². The number of hydrogen-bond acceptors (Lipinski definition) is 4. The number of nitrogens with two attached hydrogens (primary N) is 1. The Morgan fingerprint density at radius 3 is 2.44 bits per heavy atom. The monoisotopic (exact) mass is 237 g/mol. The van der Waals surface area contributed by atoms with Crippen LogP contribution in [0.5, 0.6) is 0 Å². The van der Waals surface area contributed by atoms with Crippen LogP contribution in [0.1, 0.15) is 50.0 Å². The summed E-state index contributed by atoms with van der Waals surface area (Å²) in [5, 5.41) is 1.38. The van der Waals surface area contributed by atoms with Gasteiger partial charge in [0.2, 0.25) is 0 Å². The van der Waals surface area contributed by atoms with Crippen LogP contribution < -0.4 is 10.6 Å². The quantitative estimate of drug-likeness (QED) is 0.860. The molecule has 1 saturated carbocycles. The first-order valence-electron chi connectivity index (χ1n) is 6.36. The first-order valence-corrected chi connectivity index (χ1v) is 7.13. The normalized spacial score (nSPS) is 22.1. The molecule has 1 aromatic rings. The summed E-state index contributed by atoms with van der Waals surface area (Å²) in [6.07, 6.45) is 8.02. The second kappa shape index (κ2) is 4.24. The Kier molecular flexibility index (Phi) is 2.75. The number of nitrogen functional groups attached to an aromatic ring is 1. The van der Waals surface area contributed by atoms with Crippen LogP contribution in [-0.4, -0.2) is 17.5 Å². The Balaban J connectivity index is 1.86. The van der Waals surface area contributed by atoms with Gasteiger partial charge in [0.1, 0.15) is 10.8 Å². The molecule has 4 heteroatoms. The SMILES string of the molecule is Nc1nsc(N2CCCCCC2)c1C1CC1. The van der Waals surface area contributed by atoms with E-state index >= 15 is 0 Å². The van der Waals surface area contributed by atoms with E-state index in [1.807, 2.05) is 0 Å². The van der Waals surface area contributed by atoms with Crippen molar-refractivity contribution < 1.29 is 0 Å².